The number of amides is 2. The van der Waals surface area contributed by atoms with Crippen molar-refractivity contribution in [2.45, 2.75) is 19.9 Å². The van der Waals surface area contributed by atoms with Crippen LogP contribution >= 0.6 is 23.2 Å². The van der Waals surface area contributed by atoms with Gasteiger partial charge in [0.05, 0.1) is 11.4 Å². The van der Waals surface area contributed by atoms with Crippen molar-refractivity contribution in [3.8, 4) is 0 Å². The van der Waals surface area contributed by atoms with Gasteiger partial charge in [0.1, 0.15) is 6.54 Å². The first-order valence-electron chi connectivity index (χ1n) is 10.0. The standard InChI is InChI=1S/C18H18N2O.C7H5Cl2NO/c1-13(2)20-16-11-7-6-10-15(16)18(19-12-17(20)21)14-8-4-3-5-9-14;8-5-1-4(7(10)11)2-6(9)3-5/h3-11,13H,12H2,1-2H3;1-3H,(H2,10,11). The third-order valence-corrected chi connectivity index (χ3v) is 5.21. The van der Waals surface area contributed by atoms with E-state index in [1.807, 2.05) is 73.3 Å². The number of hydrogen-bond acceptors (Lipinski definition) is 3. The first kappa shape index (κ1) is 23.5. The molecule has 164 valence electrons. The third kappa shape index (κ3) is 5.55. The number of para-hydroxylation sites is 1. The van der Waals surface area contributed by atoms with Gasteiger partial charge in [0.2, 0.25) is 11.8 Å². The zero-order valence-corrected chi connectivity index (χ0v) is 19.3. The molecule has 0 radical (unpaired) electrons. The number of carbonyl (C=O) groups excluding carboxylic acids is 2. The molecule has 2 amide bonds. The molecule has 0 unspecified atom stereocenters. The van der Waals surface area contributed by atoms with Gasteiger partial charge in [0.15, 0.2) is 0 Å². The highest BCUT2D eigenvalue weighted by atomic mass is 35.5. The molecule has 3 aromatic carbocycles. The molecule has 0 atom stereocenters. The summed E-state index contributed by atoms with van der Waals surface area (Å²) in [6.07, 6.45) is 0. The largest absolute Gasteiger partial charge is 0.366 e. The van der Waals surface area contributed by atoms with Gasteiger partial charge >= 0.3 is 0 Å². The predicted octanol–water partition coefficient (Wildman–Crippen LogP) is 5.37. The Morgan fingerprint density at radius 2 is 1.56 bits per heavy atom. The molecule has 0 fully saturated rings. The Kier molecular flexibility index (Phi) is 7.67. The molecule has 4 rings (SSSR count). The molecule has 0 aromatic heterocycles. The summed E-state index contributed by atoms with van der Waals surface area (Å²) in [6, 6.07) is 22.6. The van der Waals surface area contributed by atoms with Crippen LogP contribution in [-0.4, -0.2) is 30.1 Å². The Morgan fingerprint density at radius 3 is 2.16 bits per heavy atom. The molecular formula is C25H23Cl2N3O2. The summed E-state index contributed by atoms with van der Waals surface area (Å²) in [4.78, 5) is 29.4. The molecule has 0 saturated heterocycles. The van der Waals surface area contributed by atoms with Crippen LogP contribution in [0.1, 0.15) is 35.3 Å². The van der Waals surface area contributed by atoms with E-state index in [4.69, 9.17) is 28.9 Å². The Hall–Kier alpha value is -3.15. The first-order valence-corrected chi connectivity index (χ1v) is 10.8. The number of fused-ring (bicyclic) bond motifs is 1. The number of benzodiazepines with no additional fused rings is 1. The molecule has 0 saturated carbocycles. The van der Waals surface area contributed by atoms with Crippen LogP contribution < -0.4 is 10.6 Å². The molecule has 1 aliphatic heterocycles. The van der Waals surface area contributed by atoms with Crippen molar-refractivity contribution in [3.63, 3.8) is 0 Å². The number of rotatable bonds is 3. The molecular weight excluding hydrogens is 445 g/mol. The van der Waals surface area contributed by atoms with Crippen molar-refractivity contribution in [2.24, 2.45) is 10.7 Å². The maximum Gasteiger partial charge on any atom is 0.248 e. The molecule has 0 spiro atoms. The van der Waals surface area contributed by atoms with Gasteiger partial charge in [0.25, 0.3) is 0 Å². The second kappa shape index (κ2) is 10.4. The lowest BCUT2D eigenvalue weighted by atomic mass is 10.00. The van der Waals surface area contributed by atoms with Crippen molar-refractivity contribution in [1.29, 1.82) is 0 Å². The van der Waals surface area contributed by atoms with E-state index in [9.17, 15) is 9.59 Å². The van der Waals surface area contributed by atoms with Crippen LogP contribution in [0.15, 0.2) is 77.8 Å². The first-order chi connectivity index (χ1) is 15.3. The van der Waals surface area contributed by atoms with Crippen molar-refractivity contribution in [2.75, 3.05) is 11.4 Å². The fraction of sp³-hybridized carbons (Fsp3) is 0.160. The van der Waals surface area contributed by atoms with E-state index in [0.717, 1.165) is 22.5 Å². The van der Waals surface area contributed by atoms with Crippen LogP contribution in [0.4, 0.5) is 5.69 Å². The maximum atomic E-state index is 12.4. The van der Waals surface area contributed by atoms with Gasteiger partial charge in [-0.3, -0.25) is 14.6 Å². The molecule has 0 bridgehead atoms. The van der Waals surface area contributed by atoms with E-state index < -0.39 is 5.91 Å². The van der Waals surface area contributed by atoms with Crippen molar-refractivity contribution >= 4 is 46.4 Å². The Labute approximate surface area is 197 Å². The average Bonchev–Trinajstić information content (AvgIpc) is 2.90. The molecule has 0 aliphatic carbocycles. The van der Waals surface area contributed by atoms with Crippen LogP contribution in [-0.2, 0) is 4.79 Å². The number of nitrogens with zero attached hydrogens (tertiary/aromatic N) is 2. The van der Waals surface area contributed by atoms with Crippen LogP contribution in [0.5, 0.6) is 0 Å². The molecule has 32 heavy (non-hydrogen) atoms. The van der Waals surface area contributed by atoms with Gasteiger partial charge < -0.3 is 10.6 Å². The minimum Gasteiger partial charge on any atom is -0.366 e. The third-order valence-electron chi connectivity index (χ3n) is 4.77. The molecule has 7 heteroatoms. The lowest BCUT2D eigenvalue weighted by molar-refractivity contribution is -0.117. The highest BCUT2D eigenvalue weighted by Crippen LogP contribution is 2.28. The lowest BCUT2D eigenvalue weighted by Gasteiger charge is -2.26. The lowest BCUT2D eigenvalue weighted by Crippen LogP contribution is -2.38. The van der Waals surface area contributed by atoms with Crippen molar-refractivity contribution < 1.29 is 9.59 Å². The fourth-order valence-electron chi connectivity index (χ4n) is 3.43. The van der Waals surface area contributed by atoms with Crippen molar-refractivity contribution in [3.05, 3.63) is 99.5 Å². The van der Waals surface area contributed by atoms with Crippen LogP contribution in [0.2, 0.25) is 10.0 Å². The molecule has 5 nitrogen and oxygen atoms in total. The normalized spacial score (nSPS) is 13.0. The highest BCUT2D eigenvalue weighted by Gasteiger charge is 2.26. The SMILES string of the molecule is CC(C)N1C(=O)CN=C(c2ccccc2)c2ccccc21.NC(=O)c1cc(Cl)cc(Cl)c1. The zero-order valence-electron chi connectivity index (χ0n) is 17.8. The minimum absolute atomic E-state index is 0.0448. The number of hydrogen-bond donors (Lipinski definition) is 1. The van der Waals surface area contributed by atoms with E-state index in [-0.39, 0.29) is 18.5 Å². The van der Waals surface area contributed by atoms with Gasteiger partial charge in [-0.25, -0.2) is 0 Å². The van der Waals surface area contributed by atoms with E-state index in [1.165, 1.54) is 18.2 Å². The Morgan fingerprint density at radius 1 is 0.969 bits per heavy atom. The zero-order chi connectivity index (χ0) is 23.3. The summed E-state index contributed by atoms with van der Waals surface area (Å²) < 4.78 is 0. The fourth-order valence-corrected chi connectivity index (χ4v) is 3.96. The van der Waals surface area contributed by atoms with Crippen LogP contribution in [0.3, 0.4) is 0 Å². The predicted molar refractivity (Wildman–Crippen MR) is 131 cm³/mol. The second-order valence-corrected chi connectivity index (χ2v) is 8.30. The summed E-state index contributed by atoms with van der Waals surface area (Å²) in [6.45, 7) is 4.25. The van der Waals surface area contributed by atoms with Gasteiger partial charge in [-0.15, -0.1) is 0 Å². The van der Waals surface area contributed by atoms with E-state index in [1.54, 1.807) is 0 Å². The minimum atomic E-state index is -0.533. The molecule has 1 aliphatic rings. The smallest absolute Gasteiger partial charge is 0.248 e. The van der Waals surface area contributed by atoms with E-state index >= 15 is 0 Å². The summed E-state index contributed by atoms with van der Waals surface area (Å²) in [5.74, 6) is -0.488. The number of carbonyl (C=O) groups is 2. The Bertz CT molecular complexity index is 1140. The average molecular weight is 468 g/mol. The number of benzene rings is 3. The van der Waals surface area contributed by atoms with Crippen LogP contribution in [0.25, 0.3) is 0 Å². The number of halogens is 2. The van der Waals surface area contributed by atoms with Crippen molar-refractivity contribution in [1.82, 2.24) is 0 Å². The Balaban J connectivity index is 0.000000222. The number of anilines is 1. The number of primary amides is 1. The summed E-state index contributed by atoms with van der Waals surface area (Å²) in [7, 11) is 0. The highest BCUT2D eigenvalue weighted by molar-refractivity contribution is 6.35. The summed E-state index contributed by atoms with van der Waals surface area (Å²) in [5.41, 5.74) is 9.21. The second-order valence-electron chi connectivity index (χ2n) is 7.43. The van der Waals surface area contributed by atoms with Crippen LogP contribution in [0, 0.1) is 0 Å². The van der Waals surface area contributed by atoms with Gasteiger partial charge in [0, 0.05) is 32.8 Å². The van der Waals surface area contributed by atoms with E-state index in [2.05, 4.69) is 4.99 Å². The number of aliphatic imine (C=N–C) groups is 1. The molecule has 1 heterocycles. The maximum absolute atomic E-state index is 12.4. The molecule has 3 aromatic rings. The number of nitrogens with two attached hydrogens (primary N) is 1. The van der Waals surface area contributed by atoms with Gasteiger partial charge in [-0.2, -0.15) is 0 Å². The van der Waals surface area contributed by atoms with Gasteiger partial charge in [-0.1, -0.05) is 71.7 Å². The van der Waals surface area contributed by atoms with E-state index in [0.29, 0.717) is 15.6 Å². The topological polar surface area (TPSA) is 75.8 Å². The summed E-state index contributed by atoms with van der Waals surface area (Å²) in [5, 5.41) is 0.817. The quantitative estimate of drug-likeness (QED) is 0.561. The van der Waals surface area contributed by atoms with Gasteiger partial charge in [-0.05, 0) is 38.1 Å². The molecule has 2 N–H and O–H groups in total. The monoisotopic (exact) mass is 467 g/mol. The summed E-state index contributed by atoms with van der Waals surface area (Å²) >= 11 is 11.2.